The van der Waals surface area contributed by atoms with Crippen LogP contribution < -0.4 is 5.32 Å². The molecule has 0 aliphatic carbocycles. The first kappa shape index (κ1) is 17.3. The van der Waals surface area contributed by atoms with Gasteiger partial charge in [-0.25, -0.2) is 4.79 Å². The molecule has 1 atom stereocenters. The van der Waals surface area contributed by atoms with Crippen LogP contribution in [0.5, 0.6) is 0 Å². The van der Waals surface area contributed by atoms with Gasteiger partial charge in [-0.3, -0.25) is 9.59 Å². The summed E-state index contributed by atoms with van der Waals surface area (Å²) in [5.74, 6) is -1.62. The van der Waals surface area contributed by atoms with Gasteiger partial charge in [-0.15, -0.1) is 0 Å². The summed E-state index contributed by atoms with van der Waals surface area (Å²) in [6.07, 6.45) is 0.558. The SMILES string of the molecule is COC(=O)C1CCN(C(=O)NC(C)(C)C(C)(C)C(=O)O)C1. The maximum absolute atomic E-state index is 12.3. The Kier molecular flexibility index (Phi) is 4.86. The highest BCUT2D eigenvalue weighted by Crippen LogP contribution is 2.31. The van der Waals surface area contributed by atoms with Gasteiger partial charge in [0.15, 0.2) is 0 Å². The van der Waals surface area contributed by atoms with Crippen LogP contribution in [0.1, 0.15) is 34.1 Å². The Balaban J connectivity index is 2.70. The summed E-state index contributed by atoms with van der Waals surface area (Å²) in [6.45, 7) is 7.23. The second kappa shape index (κ2) is 5.91. The summed E-state index contributed by atoms with van der Waals surface area (Å²) in [6, 6.07) is -0.360. The van der Waals surface area contributed by atoms with Gasteiger partial charge in [0, 0.05) is 13.1 Å². The van der Waals surface area contributed by atoms with Gasteiger partial charge in [-0.05, 0) is 34.1 Å². The molecule has 0 radical (unpaired) electrons. The maximum Gasteiger partial charge on any atom is 0.317 e. The standard InChI is InChI=1S/C14H24N2O5/c1-13(2,11(18)19)14(3,4)15-12(20)16-7-6-9(8-16)10(17)21-5/h9H,6-8H2,1-5H3,(H,15,20)(H,18,19). The molecule has 1 aliphatic rings. The van der Waals surface area contributed by atoms with Crippen molar-refractivity contribution in [2.75, 3.05) is 20.2 Å². The zero-order valence-corrected chi connectivity index (χ0v) is 13.2. The number of likely N-dealkylation sites (tertiary alicyclic amines) is 1. The molecule has 7 nitrogen and oxygen atoms in total. The summed E-state index contributed by atoms with van der Waals surface area (Å²) in [5.41, 5.74) is -2.05. The molecule has 1 saturated heterocycles. The molecule has 0 bridgehead atoms. The Hall–Kier alpha value is -1.79. The predicted molar refractivity (Wildman–Crippen MR) is 75.7 cm³/mol. The van der Waals surface area contributed by atoms with Crippen molar-refractivity contribution in [3.8, 4) is 0 Å². The molecule has 7 heteroatoms. The third-order valence-corrected chi connectivity index (χ3v) is 4.53. The Morgan fingerprint density at radius 3 is 2.29 bits per heavy atom. The van der Waals surface area contributed by atoms with Gasteiger partial charge >= 0.3 is 18.0 Å². The summed E-state index contributed by atoms with van der Waals surface area (Å²) >= 11 is 0. The number of carbonyl (C=O) groups is 3. The molecule has 1 aliphatic heterocycles. The number of carboxylic acid groups (broad SMARTS) is 1. The number of nitrogens with zero attached hydrogens (tertiary/aromatic N) is 1. The van der Waals surface area contributed by atoms with E-state index in [4.69, 9.17) is 0 Å². The lowest BCUT2D eigenvalue weighted by molar-refractivity contribution is -0.150. The van der Waals surface area contributed by atoms with E-state index in [1.54, 1.807) is 27.7 Å². The molecule has 1 heterocycles. The van der Waals surface area contributed by atoms with Crippen LogP contribution in [0, 0.1) is 11.3 Å². The first-order valence-electron chi connectivity index (χ1n) is 6.91. The number of rotatable bonds is 4. The Morgan fingerprint density at radius 2 is 1.81 bits per heavy atom. The number of carboxylic acids is 1. The van der Waals surface area contributed by atoms with E-state index in [1.807, 2.05) is 0 Å². The van der Waals surface area contributed by atoms with Crippen LogP contribution in [0.25, 0.3) is 0 Å². The Morgan fingerprint density at radius 1 is 1.24 bits per heavy atom. The van der Waals surface area contributed by atoms with Gasteiger partial charge in [0.1, 0.15) is 0 Å². The van der Waals surface area contributed by atoms with E-state index in [1.165, 1.54) is 12.0 Å². The van der Waals surface area contributed by atoms with Crippen LogP contribution >= 0.6 is 0 Å². The van der Waals surface area contributed by atoms with Crippen molar-refractivity contribution >= 4 is 18.0 Å². The van der Waals surface area contributed by atoms with E-state index in [0.717, 1.165) is 0 Å². The van der Waals surface area contributed by atoms with Crippen LogP contribution in [-0.4, -0.2) is 53.7 Å². The number of ether oxygens (including phenoxy) is 1. The van der Waals surface area contributed by atoms with E-state index < -0.39 is 16.9 Å². The molecule has 1 fully saturated rings. The van der Waals surface area contributed by atoms with Gasteiger partial charge in [0.05, 0.1) is 24.0 Å². The van der Waals surface area contributed by atoms with Crippen molar-refractivity contribution in [2.24, 2.45) is 11.3 Å². The fraction of sp³-hybridized carbons (Fsp3) is 0.786. The minimum atomic E-state index is -1.12. The van der Waals surface area contributed by atoms with Crippen molar-refractivity contribution < 1.29 is 24.2 Å². The minimum Gasteiger partial charge on any atom is -0.481 e. The van der Waals surface area contributed by atoms with Crippen molar-refractivity contribution in [2.45, 2.75) is 39.7 Å². The molecule has 1 rings (SSSR count). The van der Waals surface area contributed by atoms with E-state index in [0.29, 0.717) is 19.5 Å². The number of methoxy groups -OCH3 is 1. The van der Waals surface area contributed by atoms with E-state index in [-0.39, 0.29) is 17.9 Å². The molecular weight excluding hydrogens is 276 g/mol. The molecule has 21 heavy (non-hydrogen) atoms. The summed E-state index contributed by atoms with van der Waals surface area (Å²) in [5, 5.41) is 12.0. The second-order valence-corrected chi connectivity index (χ2v) is 6.44. The highest BCUT2D eigenvalue weighted by molar-refractivity contribution is 5.81. The molecule has 0 aromatic carbocycles. The Labute approximate surface area is 124 Å². The lowest BCUT2D eigenvalue weighted by Gasteiger charge is -2.39. The molecule has 0 aromatic heterocycles. The number of amides is 2. The zero-order chi connectivity index (χ0) is 16.4. The third kappa shape index (κ3) is 3.46. The number of hydrogen-bond donors (Lipinski definition) is 2. The first-order valence-corrected chi connectivity index (χ1v) is 6.91. The molecule has 0 spiro atoms. The van der Waals surface area contributed by atoms with Crippen LogP contribution in [0.2, 0.25) is 0 Å². The number of aliphatic carboxylic acids is 1. The summed E-state index contributed by atoms with van der Waals surface area (Å²) in [4.78, 5) is 36.6. The van der Waals surface area contributed by atoms with E-state index in [2.05, 4.69) is 10.1 Å². The molecular formula is C14H24N2O5. The van der Waals surface area contributed by atoms with Crippen molar-refractivity contribution in [3.63, 3.8) is 0 Å². The number of urea groups is 1. The Bertz CT molecular complexity index is 445. The quantitative estimate of drug-likeness (QED) is 0.757. The topological polar surface area (TPSA) is 95.9 Å². The van der Waals surface area contributed by atoms with Crippen molar-refractivity contribution in [3.05, 3.63) is 0 Å². The fourth-order valence-corrected chi connectivity index (χ4v) is 2.07. The highest BCUT2D eigenvalue weighted by Gasteiger charge is 2.45. The average molecular weight is 300 g/mol. The smallest absolute Gasteiger partial charge is 0.317 e. The lowest BCUT2D eigenvalue weighted by Crippen LogP contribution is -2.59. The third-order valence-electron chi connectivity index (χ3n) is 4.53. The van der Waals surface area contributed by atoms with Crippen LogP contribution in [0.15, 0.2) is 0 Å². The second-order valence-electron chi connectivity index (χ2n) is 6.44. The van der Waals surface area contributed by atoms with Gasteiger partial charge in [0.2, 0.25) is 0 Å². The van der Waals surface area contributed by atoms with Crippen LogP contribution in [0.3, 0.4) is 0 Å². The van der Waals surface area contributed by atoms with Crippen LogP contribution in [0.4, 0.5) is 4.79 Å². The number of carbonyl (C=O) groups excluding carboxylic acids is 2. The summed E-state index contributed by atoms with van der Waals surface area (Å²) in [7, 11) is 1.32. The number of hydrogen-bond acceptors (Lipinski definition) is 4. The molecule has 0 aromatic rings. The lowest BCUT2D eigenvalue weighted by atomic mass is 9.74. The van der Waals surface area contributed by atoms with Gasteiger partial charge in [-0.1, -0.05) is 0 Å². The van der Waals surface area contributed by atoms with E-state index in [9.17, 15) is 19.5 Å². The van der Waals surface area contributed by atoms with Gasteiger partial charge in [0.25, 0.3) is 0 Å². The molecule has 0 saturated carbocycles. The normalized spacial score (nSPS) is 19.3. The molecule has 1 unspecified atom stereocenters. The summed E-state index contributed by atoms with van der Waals surface area (Å²) < 4.78 is 4.67. The van der Waals surface area contributed by atoms with Crippen molar-refractivity contribution in [1.29, 1.82) is 0 Å². The zero-order valence-electron chi connectivity index (χ0n) is 13.2. The number of esters is 1. The minimum absolute atomic E-state index is 0.294. The van der Waals surface area contributed by atoms with Gasteiger partial charge in [-0.2, -0.15) is 0 Å². The van der Waals surface area contributed by atoms with Crippen LogP contribution in [-0.2, 0) is 14.3 Å². The van der Waals surface area contributed by atoms with Gasteiger partial charge < -0.3 is 20.1 Å². The highest BCUT2D eigenvalue weighted by atomic mass is 16.5. The fourth-order valence-electron chi connectivity index (χ4n) is 2.07. The molecule has 2 amide bonds. The van der Waals surface area contributed by atoms with E-state index >= 15 is 0 Å². The number of nitrogens with one attached hydrogen (secondary N) is 1. The molecule has 120 valence electrons. The average Bonchev–Trinajstić information content (AvgIpc) is 2.86. The maximum atomic E-state index is 12.3. The first-order chi connectivity index (χ1) is 9.52. The monoisotopic (exact) mass is 300 g/mol. The largest absolute Gasteiger partial charge is 0.481 e. The molecule has 2 N–H and O–H groups in total. The van der Waals surface area contributed by atoms with Crippen molar-refractivity contribution in [1.82, 2.24) is 10.2 Å². The predicted octanol–water partition coefficient (Wildman–Crippen LogP) is 1.08.